The monoisotopic (exact) mass is 197 g/mol. The summed E-state index contributed by atoms with van der Waals surface area (Å²) in [6, 6.07) is 0.329. The molecule has 1 atom stereocenters. The van der Waals surface area contributed by atoms with Crippen LogP contribution in [-0.4, -0.2) is 4.98 Å². The van der Waals surface area contributed by atoms with E-state index in [1.165, 1.54) is 30.6 Å². The maximum atomic E-state index is 5.57. The van der Waals surface area contributed by atoms with E-state index in [2.05, 4.69) is 10.4 Å². The lowest BCUT2D eigenvalue weighted by Gasteiger charge is -2.20. The third kappa shape index (κ3) is 1.90. The van der Waals surface area contributed by atoms with Crippen molar-refractivity contribution in [2.45, 2.75) is 31.7 Å². The number of nitrogens with one attached hydrogen (secondary N) is 1. The Hall–Kier alpha value is -0.450. The molecule has 0 radical (unpaired) electrons. The second-order valence-corrected chi connectivity index (χ2v) is 4.51. The molecule has 0 amide bonds. The molecule has 2 rings (SSSR count). The van der Waals surface area contributed by atoms with Crippen molar-refractivity contribution < 1.29 is 0 Å². The Morgan fingerprint density at radius 1 is 1.54 bits per heavy atom. The van der Waals surface area contributed by atoms with Crippen molar-refractivity contribution in [2.75, 3.05) is 0 Å². The Labute approximate surface area is 82.3 Å². The first-order chi connectivity index (χ1) is 6.42. The summed E-state index contributed by atoms with van der Waals surface area (Å²) in [7, 11) is 0. The van der Waals surface area contributed by atoms with Crippen molar-refractivity contribution in [1.29, 1.82) is 0 Å². The van der Waals surface area contributed by atoms with E-state index in [9.17, 15) is 0 Å². The largest absolute Gasteiger partial charge is 0.271 e. The van der Waals surface area contributed by atoms with Crippen molar-refractivity contribution in [1.82, 2.24) is 10.4 Å². The molecule has 3 N–H and O–H groups in total. The Bertz CT molecular complexity index is 241. The number of nitrogens with two attached hydrogens (primary N) is 1. The summed E-state index contributed by atoms with van der Waals surface area (Å²) in [5.74, 6) is 6.29. The fraction of sp³-hybridized carbons (Fsp3) is 0.667. The fourth-order valence-corrected chi connectivity index (χ4v) is 2.89. The molecule has 0 bridgehead atoms. The molecule has 0 saturated heterocycles. The second kappa shape index (κ2) is 4.17. The first-order valence-corrected chi connectivity index (χ1v) is 5.64. The van der Waals surface area contributed by atoms with Gasteiger partial charge in [-0.05, 0) is 18.8 Å². The molecule has 72 valence electrons. The Kier molecular flexibility index (Phi) is 2.93. The van der Waals surface area contributed by atoms with Crippen molar-refractivity contribution >= 4 is 11.3 Å². The first-order valence-electron chi connectivity index (χ1n) is 4.76. The van der Waals surface area contributed by atoms with Crippen LogP contribution >= 0.6 is 11.3 Å². The molecule has 1 fully saturated rings. The number of thiazole rings is 1. The summed E-state index contributed by atoms with van der Waals surface area (Å²) in [5, 5.41) is 0. The predicted octanol–water partition coefficient (Wildman–Crippen LogP) is 1.84. The van der Waals surface area contributed by atoms with Gasteiger partial charge in [-0.2, -0.15) is 0 Å². The Morgan fingerprint density at radius 3 is 2.85 bits per heavy atom. The van der Waals surface area contributed by atoms with Crippen LogP contribution in [0.1, 0.15) is 36.6 Å². The molecule has 1 aromatic rings. The van der Waals surface area contributed by atoms with Gasteiger partial charge in [0.15, 0.2) is 0 Å². The van der Waals surface area contributed by atoms with Gasteiger partial charge in [-0.25, -0.2) is 0 Å². The molecule has 0 aliphatic heterocycles. The zero-order valence-corrected chi connectivity index (χ0v) is 8.39. The molecule has 3 nitrogen and oxygen atoms in total. The van der Waals surface area contributed by atoms with Gasteiger partial charge >= 0.3 is 0 Å². The smallest absolute Gasteiger partial charge is 0.0794 e. The number of hydrogen-bond donors (Lipinski definition) is 2. The van der Waals surface area contributed by atoms with Crippen LogP contribution in [0.5, 0.6) is 0 Å². The normalized spacial score (nSPS) is 20.7. The van der Waals surface area contributed by atoms with Crippen LogP contribution < -0.4 is 11.3 Å². The SMILES string of the molecule is NNC(c1cncs1)C1CCCC1. The topological polar surface area (TPSA) is 50.9 Å². The van der Waals surface area contributed by atoms with Crippen LogP contribution in [0.4, 0.5) is 0 Å². The van der Waals surface area contributed by atoms with Gasteiger partial charge in [0, 0.05) is 11.1 Å². The number of rotatable bonds is 3. The van der Waals surface area contributed by atoms with Crippen molar-refractivity contribution in [3.8, 4) is 0 Å². The highest BCUT2D eigenvalue weighted by Gasteiger charge is 2.26. The Balaban J connectivity index is 2.08. The molecule has 1 saturated carbocycles. The van der Waals surface area contributed by atoms with Gasteiger partial charge < -0.3 is 0 Å². The summed E-state index contributed by atoms with van der Waals surface area (Å²) in [6.45, 7) is 0. The van der Waals surface area contributed by atoms with Gasteiger partial charge in [0.25, 0.3) is 0 Å². The van der Waals surface area contributed by atoms with Gasteiger partial charge in [0.2, 0.25) is 0 Å². The minimum absolute atomic E-state index is 0.329. The number of aromatic nitrogens is 1. The minimum Gasteiger partial charge on any atom is -0.271 e. The van der Waals surface area contributed by atoms with Gasteiger partial charge in [-0.15, -0.1) is 11.3 Å². The van der Waals surface area contributed by atoms with Gasteiger partial charge in [-0.1, -0.05) is 12.8 Å². The van der Waals surface area contributed by atoms with E-state index in [0.29, 0.717) is 12.0 Å². The van der Waals surface area contributed by atoms with E-state index < -0.39 is 0 Å². The van der Waals surface area contributed by atoms with Crippen molar-refractivity contribution in [2.24, 2.45) is 11.8 Å². The molecule has 1 aliphatic carbocycles. The van der Waals surface area contributed by atoms with Crippen LogP contribution in [0, 0.1) is 5.92 Å². The van der Waals surface area contributed by atoms with Crippen LogP contribution in [0.15, 0.2) is 11.7 Å². The first kappa shape index (κ1) is 9.12. The van der Waals surface area contributed by atoms with E-state index in [1.807, 2.05) is 11.7 Å². The van der Waals surface area contributed by atoms with E-state index in [-0.39, 0.29) is 0 Å². The lowest BCUT2D eigenvalue weighted by atomic mass is 9.98. The molecule has 1 aliphatic rings. The zero-order valence-electron chi connectivity index (χ0n) is 7.57. The molecule has 1 aromatic heterocycles. The van der Waals surface area contributed by atoms with Gasteiger partial charge in [-0.3, -0.25) is 16.3 Å². The third-order valence-corrected chi connectivity index (χ3v) is 3.67. The average molecular weight is 197 g/mol. The van der Waals surface area contributed by atoms with Crippen LogP contribution in [0.3, 0.4) is 0 Å². The van der Waals surface area contributed by atoms with E-state index in [4.69, 9.17) is 5.84 Å². The summed E-state index contributed by atoms with van der Waals surface area (Å²) in [4.78, 5) is 5.36. The molecular formula is C9H15N3S. The highest BCUT2D eigenvalue weighted by molar-refractivity contribution is 7.09. The molecule has 13 heavy (non-hydrogen) atoms. The summed E-state index contributed by atoms with van der Waals surface area (Å²) in [6.07, 6.45) is 7.22. The molecule has 1 unspecified atom stereocenters. The second-order valence-electron chi connectivity index (χ2n) is 3.59. The highest BCUT2D eigenvalue weighted by Crippen LogP contribution is 2.36. The maximum Gasteiger partial charge on any atom is 0.0794 e. The zero-order chi connectivity index (χ0) is 9.10. The Morgan fingerprint density at radius 2 is 2.31 bits per heavy atom. The van der Waals surface area contributed by atoms with Crippen molar-refractivity contribution in [3.05, 3.63) is 16.6 Å². The molecule has 0 aromatic carbocycles. The molecule has 0 spiro atoms. The van der Waals surface area contributed by atoms with Gasteiger partial charge in [0.05, 0.1) is 11.6 Å². The van der Waals surface area contributed by atoms with E-state index in [1.54, 1.807) is 11.3 Å². The van der Waals surface area contributed by atoms with Gasteiger partial charge in [0.1, 0.15) is 0 Å². The lowest BCUT2D eigenvalue weighted by molar-refractivity contribution is 0.378. The summed E-state index contributed by atoms with van der Waals surface area (Å²) < 4.78 is 0. The van der Waals surface area contributed by atoms with E-state index in [0.717, 1.165) is 0 Å². The minimum atomic E-state index is 0.329. The maximum absolute atomic E-state index is 5.57. The van der Waals surface area contributed by atoms with Crippen LogP contribution in [-0.2, 0) is 0 Å². The third-order valence-electron chi connectivity index (χ3n) is 2.81. The molecular weight excluding hydrogens is 182 g/mol. The fourth-order valence-electron chi connectivity index (χ4n) is 2.12. The average Bonchev–Trinajstić information content (AvgIpc) is 2.76. The van der Waals surface area contributed by atoms with Crippen molar-refractivity contribution in [3.63, 3.8) is 0 Å². The summed E-state index contributed by atoms with van der Waals surface area (Å²) >= 11 is 1.69. The standard InChI is InChI=1S/C9H15N3S/c10-12-9(7-3-1-2-4-7)8-5-11-6-13-8/h5-7,9,12H,1-4,10H2. The highest BCUT2D eigenvalue weighted by atomic mass is 32.1. The predicted molar refractivity (Wildman–Crippen MR) is 54.1 cm³/mol. The van der Waals surface area contributed by atoms with Crippen LogP contribution in [0.25, 0.3) is 0 Å². The van der Waals surface area contributed by atoms with Crippen LogP contribution in [0.2, 0.25) is 0 Å². The van der Waals surface area contributed by atoms with E-state index >= 15 is 0 Å². The number of hydrazine groups is 1. The molecule has 1 heterocycles. The number of hydrogen-bond acceptors (Lipinski definition) is 4. The molecule has 4 heteroatoms. The lowest BCUT2D eigenvalue weighted by Crippen LogP contribution is -2.32. The number of nitrogens with zero attached hydrogens (tertiary/aromatic N) is 1. The quantitative estimate of drug-likeness (QED) is 0.574. The summed E-state index contributed by atoms with van der Waals surface area (Å²) in [5.41, 5.74) is 4.79.